The molecule has 2 aromatic rings. The second kappa shape index (κ2) is 5.16. The predicted molar refractivity (Wildman–Crippen MR) is 65.2 cm³/mol. The maximum Gasteiger partial charge on any atom is 0.298 e. The fraction of sp³-hybridized carbons (Fsp3) is 0.417. The number of hydrogen-bond acceptors (Lipinski definition) is 5. The summed E-state index contributed by atoms with van der Waals surface area (Å²) in [5.41, 5.74) is 1.56. The Morgan fingerprint density at radius 2 is 2.24 bits per heavy atom. The number of methoxy groups -OCH3 is 1. The summed E-state index contributed by atoms with van der Waals surface area (Å²) in [6.45, 7) is 0.714. The quantitative estimate of drug-likeness (QED) is 0.847. The van der Waals surface area contributed by atoms with E-state index in [1.54, 1.807) is 12.0 Å². The third kappa shape index (κ3) is 2.75. The summed E-state index contributed by atoms with van der Waals surface area (Å²) in [5, 5.41) is 9.62. The van der Waals surface area contributed by atoms with Crippen molar-refractivity contribution in [2.75, 3.05) is 32.2 Å². The Bertz CT molecular complexity index is 450. The van der Waals surface area contributed by atoms with E-state index in [0.717, 1.165) is 11.1 Å². The van der Waals surface area contributed by atoms with Crippen LogP contribution in [0.25, 0.3) is 11.1 Å². The Morgan fingerprint density at radius 1 is 1.47 bits per heavy atom. The first-order chi connectivity index (χ1) is 8.20. The van der Waals surface area contributed by atoms with Crippen molar-refractivity contribution in [3.05, 3.63) is 24.3 Å². The number of nitrogens with zero attached hydrogens (tertiary/aromatic N) is 2. The third-order valence-electron chi connectivity index (χ3n) is 2.45. The molecule has 0 aliphatic rings. The van der Waals surface area contributed by atoms with Gasteiger partial charge in [0.1, 0.15) is 5.52 Å². The number of para-hydroxylation sites is 2. The van der Waals surface area contributed by atoms with Crippen LogP contribution in [0.1, 0.15) is 0 Å². The maximum absolute atomic E-state index is 9.62. The SMILES string of the molecule is COCC(O)CN(C)c1nc2ccccc2o1. The van der Waals surface area contributed by atoms with Gasteiger partial charge in [-0.25, -0.2) is 0 Å². The highest BCUT2D eigenvalue weighted by atomic mass is 16.5. The van der Waals surface area contributed by atoms with Crippen molar-refractivity contribution < 1.29 is 14.3 Å². The van der Waals surface area contributed by atoms with Gasteiger partial charge in [-0.1, -0.05) is 12.1 Å². The van der Waals surface area contributed by atoms with Gasteiger partial charge < -0.3 is 19.2 Å². The molecule has 0 saturated heterocycles. The Kier molecular flexibility index (Phi) is 3.61. The molecule has 1 atom stereocenters. The van der Waals surface area contributed by atoms with Gasteiger partial charge in [-0.15, -0.1) is 0 Å². The molecule has 2 rings (SSSR count). The predicted octanol–water partition coefficient (Wildman–Crippen LogP) is 1.27. The number of aliphatic hydroxyl groups is 1. The van der Waals surface area contributed by atoms with Gasteiger partial charge in [0.25, 0.3) is 6.01 Å². The average molecular weight is 236 g/mol. The lowest BCUT2D eigenvalue weighted by molar-refractivity contribution is 0.0690. The van der Waals surface area contributed by atoms with Crippen molar-refractivity contribution in [3.8, 4) is 0 Å². The molecule has 0 spiro atoms. The molecule has 1 unspecified atom stereocenters. The summed E-state index contributed by atoms with van der Waals surface area (Å²) in [6.07, 6.45) is -0.556. The lowest BCUT2D eigenvalue weighted by atomic mass is 10.3. The first kappa shape index (κ1) is 11.9. The summed E-state index contributed by atoms with van der Waals surface area (Å²) in [5.74, 6) is 0. The second-order valence-electron chi connectivity index (χ2n) is 3.95. The summed E-state index contributed by atoms with van der Waals surface area (Å²) in [6, 6.07) is 8.07. The number of anilines is 1. The molecule has 0 amide bonds. The molecule has 5 nitrogen and oxygen atoms in total. The summed E-state index contributed by atoms with van der Waals surface area (Å²) >= 11 is 0. The lowest BCUT2D eigenvalue weighted by Gasteiger charge is -2.18. The zero-order valence-corrected chi connectivity index (χ0v) is 9.96. The molecule has 1 aromatic heterocycles. The van der Waals surface area contributed by atoms with Gasteiger partial charge in [-0.05, 0) is 12.1 Å². The molecule has 92 valence electrons. The number of fused-ring (bicyclic) bond motifs is 1. The van der Waals surface area contributed by atoms with Crippen LogP contribution in [0.15, 0.2) is 28.7 Å². The standard InChI is InChI=1S/C12H16N2O3/c1-14(7-9(15)8-16-2)12-13-10-5-3-4-6-11(10)17-12/h3-6,9,15H,7-8H2,1-2H3. The first-order valence-corrected chi connectivity index (χ1v) is 5.44. The van der Waals surface area contributed by atoms with E-state index in [9.17, 15) is 5.11 Å². The Balaban J connectivity index is 2.10. The third-order valence-corrected chi connectivity index (χ3v) is 2.45. The minimum absolute atomic E-state index is 0.296. The number of hydrogen-bond donors (Lipinski definition) is 1. The molecule has 0 aliphatic heterocycles. The fourth-order valence-electron chi connectivity index (χ4n) is 1.66. The van der Waals surface area contributed by atoms with E-state index in [-0.39, 0.29) is 0 Å². The first-order valence-electron chi connectivity index (χ1n) is 5.44. The zero-order valence-electron chi connectivity index (χ0n) is 9.96. The van der Waals surface area contributed by atoms with Crippen molar-refractivity contribution in [3.63, 3.8) is 0 Å². The summed E-state index contributed by atoms with van der Waals surface area (Å²) < 4.78 is 10.4. The number of ether oxygens (including phenoxy) is 1. The van der Waals surface area contributed by atoms with Gasteiger partial charge in [0, 0.05) is 14.2 Å². The Labute approximate surface area is 99.6 Å². The van der Waals surface area contributed by atoms with Gasteiger partial charge in [-0.2, -0.15) is 4.98 Å². The van der Waals surface area contributed by atoms with E-state index < -0.39 is 6.10 Å². The molecule has 0 bridgehead atoms. The summed E-state index contributed by atoms with van der Waals surface area (Å²) in [4.78, 5) is 6.10. The Morgan fingerprint density at radius 3 is 2.94 bits per heavy atom. The highest BCUT2D eigenvalue weighted by molar-refractivity contribution is 5.74. The van der Waals surface area contributed by atoms with Crippen LogP contribution < -0.4 is 4.90 Å². The van der Waals surface area contributed by atoms with Gasteiger partial charge in [0.15, 0.2) is 5.58 Å². The molecule has 1 N–H and O–H groups in total. The van der Waals surface area contributed by atoms with Crippen LogP contribution in [-0.4, -0.2) is 43.5 Å². The van der Waals surface area contributed by atoms with E-state index in [4.69, 9.17) is 9.15 Å². The average Bonchev–Trinajstić information content (AvgIpc) is 2.72. The molecular weight excluding hydrogens is 220 g/mol. The van der Waals surface area contributed by atoms with E-state index in [2.05, 4.69) is 4.98 Å². The number of oxazole rings is 1. The molecule has 0 fully saturated rings. The van der Waals surface area contributed by atoms with E-state index in [1.807, 2.05) is 31.3 Å². The fourth-order valence-corrected chi connectivity index (χ4v) is 1.66. The summed E-state index contributed by atoms with van der Waals surface area (Å²) in [7, 11) is 3.38. The van der Waals surface area contributed by atoms with Gasteiger partial charge in [0.2, 0.25) is 0 Å². The maximum atomic E-state index is 9.62. The van der Waals surface area contributed by atoms with Crippen LogP contribution >= 0.6 is 0 Å². The molecule has 0 aliphatic carbocycles. The molecule has 0 radical (unpaired) electrons. The smallest absolute Gasteiger partial charge is 0.298 e. The van der Waals surface area contributed by atoms with Gasteiger partial charge in [-0.3, -0.25) is 0 Å². The topological polar surface area (TPSA) is 58.7 Å². The highest BCUT2D eigenvalue weighted by Gasteiger charge is 2.13. The van der Waals surface area contributed by atoms with E-state index in [1.165, 1.54) is 0 Å². The number of benzene rings is 1. The molecule has 1 aromatic carbocycles. The second-order valence-corrected chi connectivity index (χ2v) is 3.95. The van der Waals surface area contributed by atoms with Crippen molar-refractivity contribution in [2.45, 2.75) is 6.10 Å². The molecule has 0 saturated carbocycles. The van der Waals surface area contributed by atoms with Crippen molar-refractivity contribution in [2.24, 2.45) is 0 Å². The minimum atomic E-state index is -0.556. The largest absolute Gasteiger partial charge is 0.423 e. The van der Waals surface area contributed by atoms with Gasteiger partial charge >= 0.3 is 0 Å². The van der Waals surface area contributed by atoms with Crippen LogP contribution in [0.4, 0.5) is 6.01 Å². The van der Waals surface area contributed by atoms with Crippen molar-refractivity contribution in [1.82, 2.24) is 4.98 Å². The van der Waals surface area contributed by atoms with Crippen LogP contribution in [0.2, 0.25) is 0 Å². The number of aromatic nitrogens is 1. The lowest BCUT2D eigenvalue weighted by Crippen LogP contribution is -2.32. The van der Waals surface area contributed by atoms with Crippen LogP contribution in [0, 0.1) is 0 Å². The monoisotopic (exact) mass is 236 g/mol. The van der Waals surface area contributed by atoms with E-state index in [0.29, 0.717) is 19.2 Å². The van der Waals surface area contributed by atoms with E-state index >= 15 is 0 Å². The Hall–Kier alpha value is -1.59. The van der Waals surface area contributed by atoms with Crippen LogP contribution in [-0.2, 0) is 4.74 Å². The molecule has 1 heterocycles. The minimum Gasteiger partial charge on any atom is -0.423 e. The molecule has 17 heavy (non-hydrogen) atoms. The normalized spacial score (nSPS) is 12.9. The highest BCUT2D eigenvalue weighted by Crippen LogP contribution is 2.20. The van der Waals surface area contributed by atoms with Crippen LogP contribution in [0.3, 0.4) is 0 Å². The molecule has 5 heteroatoms. The number of rotatable bonds is 5. The zero-order chi connectivity index (χ0) is 12.3. The molecular formula is C12H16N2O3. The van der Waals surface area contributed by atoms with Crippen molar-refractivity contribution in [1.29, 1.82) is 0 Å². The van der Waals surface area contributed by atoms with Gasteiger partial charge in [0.05, 0.1) is 19.3 Å². The van der Waals surface area contributed by atoms with Crippen molar-refractivity contribution >= 4 is 17.1 Å². The number of likely N-dealkylation sites (N-methyl/N-ethyl adjacent to an activating group) is 1. The number of aliphatic hydroxyl groups excluding tert-OH is 1. The van der Waals surface area contributed by atoms with Crippen LogP contribution in [0.5, 0.6) is 0 Å².